The number of para-hydroxylation sites is 2. The number of hydrogen-bond acceptors (Lipinski definition) is 10. The van der Waals surface area contributed by atoms with Crippen molar-refractivity contribution in [2.45, 2.75) is 13.1 Å². The highest BCUT2D eigenvalue weighted by atomic mass is 32.2. The Morgan fingerprint density at radius 2 is 1.09 bits per heavy atom. The van der Waals surface area contributed by atoms with Crippen LogP contribution in [-0.4, -0.2) is 64.7 Å². The van der Waals surface area contributed by atoms with Gasteiger partial charge in [0, 0.05) is 12.4 Å². The van der Waals surface area contributed by atoms with Crippen molar-refractivity contribution in [2.75, 3.05) is 34.8 Å². The van der Waals surface area contributed by atoms with Crippen LogP contribution in [0.5, 0.6) is 0 Å². The normalized spacial score (nSPS) is 11.1. The van der Waals surface area contributed by atoms with E-state index in [4.69, 9.17) is 5.73 Å². The number of carbonyl (C=O) groups excluding carboxylic acids is 2. The lowest BCUT2D eigenvalue weighted by Crippen LogP contribution is -2.29. The molecule has 0 aliphatic heterocycles. The summed E-state index contributed by atoms with van der Waals surface area (Å²) in [4.78, 5) is 30.8. The van der Waals surface area contributed by atoms with Crippen molar-refractivity contribution in [2.24, 2.45) is 5.73 Å². The zero-order chi connectivity index (χ0) is 32.3. The fourth-order valence-corrected chi connectivity index (χ4v) is 5.63. The van der Waals surface area contributed by atoms with E-state index in [1.807, 2.05) is 12.1 Å². The third kappa shape index (κ3) is 9.69. The summed E-state index contributed by atoms with van der Waals surface area (Å²) in [5.41, 5.74) is 8.23. The smallest absolute Gasteiger partial charge is 0.356 e. The fourth-order valence-electron chi connectivity index (χ4n) is 3.85. The Bertz CT molecular complexity index is 1620. The Balaban J connectivity index is 0.000000240. The molecule has 44 heavy (non-hydrogen) atoms. The van der Waals surface area contributed by atoms with Gasteiger partial charge in [0.05, 0.1) is 50.6 Å². The first-order valence-corrected chi connectivity index (χ1v) is 16.8. The van der Waals surface area contributed by atoms with Crippen molar-refractivity contribution < 1.29 is 31.2 Å². The Morgan fingerprint density at radius 3 is 1.41 bits per heavy atom. The van der Waals surface area contributed by atoms with E-state index in [0.29, 0.717) is 22.5 Å². The number of ether oxygens (including phenoxy) is 1. The summed E-state index contributed by atoms with van der Waals surface area (Å²) in [5.74, 6) is -0.788. The molecular weight excluding hydrogens is 606 g/mol. The molecule has 12 nitrogen and oxygen atoms in total. The van der Waals surface area contributed by atoms with Gasteiger partial charge in [-0.1, -0.05) is 48.5 Å². The predicted octanol–water partition coefficient (Wildman–Crippen LogP) is 3.02. The van der Waals surface area contributed by atoms with Crippen LogP contribution >= 0.6 is 0 Å². The Hall–Kier alpha value is -4.66. The van der Waals surface area contributed by atoms with Crippen LogP contribution in [0.4, 0.5) is 11.4 Å². The number of carbonyl (C=O) groups is 2. The van der Waals surface area contributed by atoms with Crippen LogP contribution in [-0.2, 0) is 37.9 Å². The number of sulfonamides is 2. The van der Waals surface area contributed by atoms with E-state index in [-0.39, 0.29) is 36.8 Å². The third-order valence-electron chi connectivity index (χ3n) is 6.06. The van der Waals surface area contributed by atoms with Gasteiger partial charge in [0.1, 0.15) is 11.4 Å². The first-order chi connectivity index (χ1) is 20.8. The lowest BCUT2D eigenvalue weighted by atomic mass is 10.2. The summed E-state index contributed by atoms with van der Waals surface area (Å²) in [5, 5.41) is 0. The van der Waals surface area contributed by atoms with Crippen molar-refractivity contribution in [3.05, 3.63) is 120 Å². The highest BCUT2D eigenvalue weighted by Gasteiger charge is 2.19. The molecule has 2 aromatic heterocycles. The second-order valence-corrected chi connectivity index (χ2v) is 13.2. The maximum atomic E-state index is 12.0. The Morgan fingerprint density at radius 1 is 0.682 bits per heavy atom. The number of nitrogens with zero attached hydrogens (tertiary/aromatic N) is 4. The van der Waals surface area contributed by atoms with Crippen LogP contribution < -0.4 is 14.3 Å². The largest absolute Gasteiger partial charge is 0.464 e. The zero-order valence-electron chi connectivity index (χ0n) is 24.4. The van der Waals surface area contributed by atoms with Crippen LogP contribution in [0.2, 0.25) is 0 Å². The van der Waals surface area contributed by atoms with E-state index in [2.05, 4.69) is 14.7 Å². The standard InChI is InChI=1S/C15H17N3O3S.C15H16N2O4S/c1-22(20,21)18(13-5-3-2-4-6-13)11-12-7-8-14(17-10-12)15(19)9-16;1-21-15(18)14-9-8-12(10-16-14)11-17(22(2,19)20)13-6-4-3-5-7-13/h2-8,10H,9,11,16H2,1H3;3-10H,11H2,1-2H3. The number of esters is 1. The van der Waals surface area contributed by atoms with Crippen molar-refractivity contribution in [1.82, 2.24) is 9.97 Å². The van der Waals surface area contributed by atoms with Gasteiger partial charge in [-0.25, -0.2) is 26.6 Å². The van der Waals surface area contributed by atoms with E-state index in [9.17, 15) is 26.4 Å². The quantitative estimate of drug-likeness (QED) is 0.190. The monoisotopic (exact) mass is 639 g/mol. The summed E-state index contributed by atoms with van der Waals surface area (Å²) in [6.07, 6.45) is 5.26. The Kier molecular flexibility index (Phi) is 11.7. The number of benzene rings is 2. The Labute approximate surface area is 257 Å². The number of aromatic nitrogens is 2. The van der Waals surface area contributed by atoms with E-state index in [1.54, 1.807) is 66.7 Å². The maximum absolute atomic E-state index is 12.0. The number of nitrogens with two attached hydrogens (primary N) is 1. The summed E-state index contributed by atoms with van der Waals surface area (Å²) in [6, 6.07) is 24.0. The second kappa shape index (κ2) is 15.2. The minimum Gasteiger partial charge on any atom is -0.464 e. The minimum absolute atomic E-state index is 0.105. The number of rotatable bonds is 11. The zero-order valence-corrected chi connectivity index (χ0v) is 26.0. The van der Waals surface area contributed by atoms with Gasteiger partial charge in [-0.15, -0.1) is 0 Å². The molecule has 14 heteroatoms. The number of hydrogen-bond donors (Lipinski definition) is 1. The predicted molar refractivity (Wildman–Crippen MR) is 168 cm³/mol. The highest BCUT2D eigenvalue weighted by Crippen LogP contribution is 2.21. The lowest BCUT2D eigenvalue weighted by molar-refractivity contribution is 0.0594. The van der Waals surface area contributed by atoms with E-state index in [0.717, 1.165) is 12.5 Å². The summed E-state index contributed by atoms with van der Waals surface area (Å²) >= 11 is 0. The third-order valence-corrected chi connectivity index (χ3v) is 8.34. The van der Waals surface area contributed by atoms with Crippen molar-refractivity contribution in [3.8, 4) is 0 Å². The molecular formula is C30H33N5O7S2. The molecule has 2 N–H and O–H groups in total. The summed E-state index contributed by atoms with van der Waals surface area (Å²) in [6.45, 7) is 0.177. The fraction of sp³-hybridized carbons (Fsp3) is 0.200. The molecule has 0 atom stereocenters. The van der Waals surface area contributed by atoms with Crippen LogP contribution in [0.3, 0.4) is 0 Å². The van der Waals surface area contributed by atoms with Crippen LogP contribution in [0, 0.1) is 0 Å². The van der Waals surface area contributed by atoms with Crippen LogP contribution in [0.15, 0.2) is 97.3 Å². The topological polar surface area (TPSA) is 170 Å². The molecule has 0 saturated carbocycles. The molecule has 4 aromatic rings. The number of methoxy groups -OCH3 is 1. The van der Waals surface area contributed by atoms with Gasteiger partial charge < -0.3 is 10.5 Å². The maximum Gasteiger partial charge on any atom is 0.356 e. The van der Waals surface area contributed by atoms with Gasteiger partial charge in [-0.2, -0.15) is 0 Å². The lowest BCUT2D eigenvalue weighted by Gasteiger charge is -2.22. The van der Waals surface area contributed by atoms with Gasteiger partial charge in [0.25, 0.3) is 0 Å². The molecule has 0 unspecified atom stereocenters. The number of Topliss-reactive ketones (excluding diaryl/α,β-unsaturated/α-hetero) is 1. The molecule has 0 spiro atoms. The first-order valence-electron chi connectivity index (χ1n) is 13.1. The van der Waals surface area contributed by atoms with Gasteiger partial charge >= 0.3 is 5.97 Å². The van der Waals surface area contributed by atoms with Crippen LogP contribution in [0.1, 0.15) is 32.1 Å². The van der Waals surface area contributed by atoms with E-state index >= 15 is 0 Å². The van der Waals surface area contributed by atoms with Crippen molar-refractivity contribution >= 4 is 43.2 Å². The number of anilines is 2. The average molecular weight is 640 g/mol. The summed E-state index contributed by atoms with van der Waals surface area (Å²) < 4.78 is 55.1. The van der Waals surface area contributed by atoms with E-state index in [1.165, 1.54) is 34.2 Å². The molecule has 0 amide bonds. The summed E-state index contributed by atoms with van der Waals surface area (Å²) in [7, 11) is -5.59. The molecule has 0 radical (unpaired) electrons. The molecule has 0 aliphatic rings. The molecule has 2 aromatic carbocycles. The SMILES string of the molecule is COC(=O)c1ccc(CN(c2ccccc2)S(C)(=O)=O)cn1.CS(=O)(=O)N(Cc1ccc(C(=O)CN)nc1)c1ccccc1. The van der Waals surface area contributed by atoms with Gasteiger partial charge in [-0.3, -0.25) is 18.4 Å². The van der Waals surface area contributed by atoms with Crippen LogP contribution in [0.25, 0.3) is 0 Å². The number of ketones is 1. The molecule has 0 fully saturated rings. The van der Waals surface area contributed by atoms with Gasteiger partial charge in [0.2, 0.25) is 20.0 Å². The van der Waals surface area contributed by atoms with Crippen molar-refractivity contribution in [3.63, 3.8) is 0 Å². The number of pyridine rings is 2. The van der Waals surface area contributed by atoms with Gasteiger partial charge in [0.15, 0.2) is 5.78 Å². The molecule has 0 bridgehead atoms. The highest BCUT2D eigenvalue weighted by molar-refractivity contribution is 7.92. The first kappa shape index (κ1) is 33.8. The average Bonchev–Trinajstić information content (AvgIpc) is 3.02. The molecule has 0 saturated heterocycles. The molecule has 2 heterocycles. The second-order valence-electron chi connectivity index (χ2n) is 9.43. The van der Waals surface area contributed by atoms with E-state index < -0.39 is 26.0 Å². The van der Waals surface area contributed by atoms with Crippen molar-refractivity contribution in [1.29, 1.82) is 0 Å². The minimum atomic E-state index is -3.43. The molecule has 0 aliphatic carbocycles. The van der Waals surface area contributed by atoms with Gasteiger partial charge in [-0.05, 0) is 47.5 Å². The molecule has 4 rings (SSSR count). The molecule has 232 valence electrons.